The minimum atomic E-state index is 0.0655. The third-order valence-electron chi connectivity index (χ3n) is 5.61. The fourth-order valence-electron chi connectivity index (χ4n) is 4.09. The van der Waals surface area contributed by atoms with Crippen molar-refractivity contribution in [3.8, 4) is 11.1 Å². The lowest BCUT2D eigenvalue weighted by Gasteiger charge is -2.22. The van der Waals surface area contributed by atoms with E-state index in [0.717, 1.165) is 50.1 Å². The Bertz CT molecular complexity index is 748. The molecule has 1 amide bonds. The van der Waals surface area contributed by atoms with Crippen molar-refractivity contribution in [1.29, 1.82) is 0 Å². The van der Waals surface area contributed by atoms with Crippen molar-refractivity contribution in [2.24, 2.45) is 11.8 Å². The zero-order valence-corrected chi connectivity index (χ0v) is 15.0. The first-order valence-electron chi connectivity index (χ1n) is 9.07. The third kappa shape index (κ3) is 3.44. The summed E-state index contributed by atoms with van der Waals surface area (Å²) in [5, 5.41) is 4.02. The lowest BCUT2D eigenvalue weighted by atomic mass is 9.92. The minimum absolute atomic E-state index is 0.0655. The van der Waals surface area contributed by atoms with Crippen LogP contribution in [0.15, 0.2) is 48.5 Å². The van der Waals surface area contributed by atoms with Crippen LogP contribution in [-0.2, 0) is 0 Å². The Balaban J connectivity index is 1.57. The highest BCUT2D eigenvalue weighted by Crippen LogP contribution is 2.30. The van der Waals surface area contributed by atoms with Crippen LogP contribution in [0, 0.1) is 11.8 Å². The number of benzene rings is 2. The molecule has 2 fully saturated rings. The number of hydrogen-bond donors (Lipinski definition) is 1. The molecule has 2 aliphatic heterocycles. The van der Waals surface area contributed by atoms with E-state index in [2.05, 4.69) is 17.4 Å². The molecule has 0 saturated carbocycles. The Hall–Kier alpha value is -1.84. The van der Waals surface area contributed by atoms with Crippen molar-refractivity contribution in [3.05, 3.63) is 59.1 Å². The molecule has 2 aliphatic rings. The number of carbonyl (C=O) groups is 1. The standard InChI is InChI=1S/C21H23ClN2O/c22-20-7-6-16(15-4-2-1-3-5-15)12-19(20)21(25)24-10-8-17-13-23-14-18(17)9-11-24/h1-7,12,17-18,23H,8-11,13-14H2/t17-,18+. The topological polar surface area (TPSA) is 32.3 Å². The second-order valence-electron chi connectivity index (χ2n) is 7.11. The molecule has 3 nitrogen and oxygen atoms in total. The van der Waals surface area contributed by atoms with E-state index in [9.17, 15) is 4.79 Å². The van der Waals surface area contributed by atoms with E-state index in [0.29, 0.717) is 22.4 Å². The van der Waals surface area contributed by atoms with E-state index in [1.54, 1.807) is 0 Å². The predicted octanol–water partition coefficient (Wildman–Crippen LogP) is 4.08. The molecule has 0 aliphatic carbocycles. The maximum atomic E-state index is 13.1. The summed E-state index contributed by atoms with van der Waals surface area (Å²) in [6.45, 7) is 3.84. The molecule has 0 bridgehead atoms. The molecular weight excluding hydrogens is 332 g/mol. The molecule has 0 spiro atoms. The van der Waals surface area contributed by atoms with Gasteiger partial charge >= 0.3 is 0 Å². The highest BCUT2D eigenvalue weighted by Gasteiger charge is 2.32. The van der Waals surface area contributed by atoms with E-state index < -0.39 is 0 Å². The first kappa shape index (κ1) is 16.6. The highest BCUT2D eigenvalue weighted by atomic mass is 35.5. The minimum Gasteiger partial charge on any atom is -0.339 e. The molecule has 2 heterocycles. The lowest BCUT2D eigenvalue weighted by Crippen LogP contribution is -2.33. The van der Waals surface area contributed by atoms with Gasteiger partial charge in [-0.05, 0) is 61.0 Å². The van der Waals surface area contributed by atoms with Gasteiger partial charge in [0.05, 0.1) is 10.6 Å². The number of halogens is 1. The summed E-state index contributed by atoms with van der Waals surface area (Å²) in [6, 6.07) is 15.9. The van der Waals surface area contributed by atoms with Gasteiger partial charge in [-0.15, -0.1) is 0 Å². The Morgan fingerprint density at radius 2 is 1.64 bits per heavy atom. The number of hydrogen-bond acceptors (Lipinski definition) is 2. The third-order valence-corrected chi connectivity index (χ3v) is 5.94. The largest absolute Gasteiger partial charge is 0.339 e. The molecule has 0 aromatic heterocycles. The van der Waals surface area contributed by atoms with Gasteiger partial charge in [0.15, 0.2) is 0 Å². The van der Waals surface area contributed by atoms with E-state index >= 15 is 0 Å². The van der Waals surface area contributed by atoms with Crippen LogP contribution in [0.1, 0.15) is 23.2 Å². The Morgan fingerprint density at radius 1 is 0.960 bits per heavy atom. The van der Waals surface area contributed by atoms with Gasteiger partial charge in [-0.3, -0.25) is 4.79 Å². The monoisotopic (exact) mass is 354 g/mol. The van der Waals surface area contributed by atoms with Crippen LogP contribution in [0.3, 0.4) is 0 Å². The van der Waals surface area contributed by atoms with Gasteiger partial charge in [-0.2, -0.15) is 0 Å². The Morgan fingerprint density at radius 3 is 2.32 bits per heavy atom. The molecule has 1 N–H and O–H groups in total. The quantitative estimate of drug-likeness (QED) is 0.881. The summed E-state index contributed by atoms with van der Waals surface area (Å²) in [5.41, 5.74) is 2.75. The van der Waals surface area contributed by atoms with Gasteiger partial charge < -0.3 is 10.2 Å². The number of fused-ring (bicyclic) bond motifs is 1. The molecule has 2 aromatic carbocycles. The second-order valence-corrected chi connectivity index (χ2v) is 7.52. The van der Waals surface area contributed by atoms with E-state index in [4.69, 9.17) is 11.6 Å². The van der Waals surface area contributed by atoms with Gasteiger partial charge in [0, 0.05) is 13.1 Å². The van der Waals surface area contributed by atoms with Crippen LogP contribution in [0.4, 0.5) is 0 Å². The summed E-state index contributed by atoms with van der Waals surface area (Å²) in [5.74, 6) is 1.49. The summed E-state index contributed by atoms with van der Waals surface area (Å²) >= 11 is 6.38. The fraction of sp³-hybridized carbons (Fsp3) is 0.381. The maximum absolute atomic E-state index is 13.1. The number of likely N-dealkylation sites (tertiary alicyclic amines) is 1. The average Bonchev–Trinajstić information content (AvgIpc) is 3.01. The SMILES string of the molecule is O=C(c1cc(-c2ccccc2)ccc1Cl)N1CC[C@@H]2CNC[C@@H]2CC1. The molecule has 0 unspecified atom stereocenters. The normalized spacial score (nSPS) is 23.2. The molecule has 2 aromatic rings. The van der Waals surface area contributed by atoms with Crippen LogP contribution in [0.25, 0.3) is 11.1 Å². The molecule has 2 atom stereocenters. The molecule has 130 valence electrons. The maximum Gasteiger partial charge on any atom is 0.255 e. The van der Waals surface area contributed by atoms with Crippen LogP contribution in [0.2, 0.25) is 5.02 Å². The molecular formula is C21H23ClN2O. The number of nitrogens with zero attached hydrogens (tertiary/aromatic N) is 1. The number of nitrogens with one attached hydrogen (secondary N) is 1. The van der Waals surface area contributed by atoms with E-state index in [-0.39, 0.29) is 5.91 Å². The molecule has 25 heavy (non-hydrogen) atoms. The van der Waals surface area contributed by atoms with Gasteiger partial charge in [-0.1, -0.05) is 48.0 Å². The van der Waals surface area contributed by atoms with Crippen LogP contribution in [0.5, 0.6) is 0 Å². The summed E-state index contributed by atoms with van der Waals surface area (Å²) in [4.78, 5) is 15.1. The first-order chi connectivity index (χ1) is 12.2. The molecule has 4 rings (SSSR count). The van der Waals surface area contributed by atoms with Crippen LogP contribution >= 0.6 is 11.6 Å². The Labute approximate surface area is 154 Å². The fourth-order valence-corrected chi connectivity index (χ4v) is 4.29. The van der Waals surface area contributed by atoms with Crippen molar-refractivity contribution in [2.75, 3.05) is 26.2 Å². The van der Waals surface area contributed by atoms with Crippen LogP contribution in [-0.4, -0.2) is 37.0 Å². The average molecular weight is 355 g/mol. The summed E-state index contributed by atoms with van der Waals surface area (Å²) < 4.78 is 0. The smallest absolute Gasteiger partial charge is 0.255 e. The van der Waals surface area contributed by atoms with Crippen molar-refractivity contribution in [3.63, 3.8) is 0 Å². The molecule has 2 saturated heterocycles. The van der Waals surface area contributed by atoms with Gasteiger partial charge in [0.2, 0.25) is 0 Å². The summed E-state index contributed by atoms with van der Waals surface area (Å²) in [6.07, 6.45) is 2.17. The van der Waals surface area contributed by atoms with E-state index in [1.165, 1.54) is 0 Å². The van der Waals surface area contributed by atoms with Crippen molar-refractivity contribution >= 4 is 17.5 Å². The number of amides is 1. The van der Waals surface area contributed by atoms with E-state index in [1.807, 2.05) is 41.3 Å². The zero-order valence-electron chi connectivity index (χ0n) is 14.2. The predicted molar refractivity (Wildman–Crippen MR) is 102 cm³/mol. The van der Waals surface area contributed by atoms with Gasteiger partial charge in [-0.25, -0.2) is 0 Å². The zero-order chi connectivity index (χ0) is 17.2. The van der Waals surface area contributed by atoms with Gasteiger partial charge in [0.25, 0.3) is 5.91 Å². The van der Waals surface area contributed by atoms with Crippen LogP contribution < -0.4 is 5.32 Å². The molecule has 0 radical (unpaired) electrons. The van der Waals surface area contributed by atoms with Crippen molar-refractivity contribution < 1.29 is 4.79 Å². The number of carbonyl (C=O) groups excluding carboxylic acids is 1. The number of rotatable bonds is 2. The molecule has 4 heteroatoms. The second kappa shape index (κ2) is 7.19. The van der Waals surface area contributed by atoms with Gasteiger partial charge in [0.1, 0.15) is 0 Å². The first-order valence-corrected chi connectivity index (χ1v) is 9.45. The van der Waals surface area contributed by atoms with Crippen molar-refractivity contribution in [1.82, 2.24) is 10.2 Å². The lowest BCUT2D eigenvalue weighted by molar-refractivity contribution is 0.0758. The summed E-state index contributed by atoms with van der Waals surface area (Å²) in [7, 11) is 0. The highest BCUT2D eigenvalue weighted by molar-refractivity contribution is 6.34. The Kier molecular flexibility index (Phi) is 4.78. The van der Waals surface area contributed by atoms with Crippen molar-refractivity contribution in [2.45, 2.75) is 12.8 Å².